The van der Waals surface area contributed by atoms with E-state index in [-0.39, 0.29) is 5.24 Å². The van der Waals surface area contributed by atoms with Gasteiger partial charge in [-0.05, 0) is 36.7 Å². The maximum atomic E-state index is 11.5. The summed E-state index contributed by atoms with van der Waals surface area (Å²) in [5.41, 5.74) is 0. The van der Waals surface area contributed by atoms with Crippen molar-refractivity contribution in [1.82, 2.24) is 3.71 Å². The minimum absolute atomic E-state index is 0.0530. The number of amides is 1. The Balaban J connectivity index is 3.79. The predicted octanol–water partition coefficient (Wildman–Crippen LogP) is 4.83. The minimum atomic E-state index is 0.0530. The summed E-state index contributed by atoms with van der Waals surface area (Å²) in [6.07, 6.45) is 8.22. The SMILES string of the molecule is [CH2]SC(=O)N(SCCCC)SCCCC. The van der Waals surface area contributed by atoms with E-state index >= 15 is 0 Å². The summed E-state index contributed by atoms with van der Waals surface area (Å²) in [4.78, 5) is 11.5. The smallest absolute Gasteiger partial charge is 0.260 e. The van der Waals surface area contributed by atoms with Gasteiger partial charge in [-0.3, -0.25) is 4.79 Å². The Labute approximate surface area is 107 Å². The molecule has 0 spiro atoms. The molecule has 0 unspecified atom stereocenters. The first-order chi connectivity index (χ1) is 7.26. The summed E-state index contributed by atoms with van der Waals surface area (Å²) in [6, 6.07) is 0. The zero-order valence-corrected chi connectivity index (χ0v) is 12.0. The first-order valence-electron chi connectivity index (χ1n) is 5.28. The summed E-state index contributed by atoms with van der Waals surface area (Å²) < 4.78 is 1.78. The second kappa shape index (κ2) is 11.0. The molecule has 0 saturated heterocycles. The van der Waals surface area contributed by atoms with Gasteiger partial charge in [-0.25, -0.2) is 3.71 Å². The van der Waals surface area contributed by atoms with Crippen molar-refractivity contribution in [3.8, 4) is 0 Å². The number of unbranched alkanes of at least 4 members (excludes halogenated alkanes) is 2. The molecule has 0 bridgehead atoms. The van der Waals surface area contributed by atoms with E-state index in [9.17, 15) is 4.79 Å². The van der Waals surface area contributed by atoms with Crippen LogP contribution in [0.4, 0.5) is 4.79 Å². The van der Waals surface area contributed by atoms with Crippen LogP contribution in [0, 0.1) is 6.26 Å². The van der Waals surface area contributed by atoms with E-state index in [1.807, 2.05) is 0 Å². The molecule has 15 heavy (non-hydrogen) atoms. The Morgan fingerprint density at radius 2 is 1.60 bits per heavy atom. The molecular formula is C10H20NOS3. The molecule has 0 N–H and O–H groups in total. The predicted molar refractivity (Wildman–Crippen MR) is 74.9 cm³/mol. The number of carbonyl (C=O) groups is 1. The highest BCUT2D eigenvalue weighted by atomic mass is 32.2. The van der Waals surface area contributed by atoms with Crippen molar-refractivity contribution >= 4 is 40.9 Å². The van der Waals surface area contributed by atoms with Crippen molar-refractivity contribution in [3.05, 3.63) is 6.26 Å². The molecule has 0 aliphatic rings. The van der Waals surface area contributed by atoms with Crippen molar-refractivity contribution in [3.63, 3.8) is 0 Å². The van der Waals surface area contributed by atoms with Crippen LogP contribution in [-0.4, -0.2) is 20.5 Å². The standard InChI is InChI=1S/C10H20NOS3/c1-4-6-8-14-11(10(12)13-3)15-9-7-5-2/h3-9H2,1-2H3. The van der Waals surface area contributed by atoms with E-state index < -0.39 is 0 Å². The van der Waals surface area contributed by atoms with Gasteiger partial charge in [-0.15, -0.1) is 0 Å². The van der Waals surface area contributed by atoms with Gasteiger partial charge in [0.05, 0.1) is 0 Å². The molecule has 89 valence electrons. The van der Waals surface area contributed by atoms with Crippen molar-refractivity contribution < 1.29 is 4.79 Å². The fraction of sp³-hybridized carbons (Fsp3) is 0.800. The molecule has 0 fully saturated rings. The number of carbonyl (C=O) groups excluding carboxylic acids is 1. The Morgan fingerprint density at radius 3 is 1.93 bits per heavy atom. The number of thioether (sulfide) groups is 1. The molecule has 0 heterocycles. The van der Waals surface area contributed by atoms with Crippen LogP contribution < -0.4 is 0 Å². The summed E-state index contributed by atoms with van der Waals surface area (Å²) in [6.45, 7) is 4.32. The molecule has 2 nitrogen and oxygen atoms in total. The highest BCUT2D eigenvalue weighted by Crippen LogP contribution is 2.28. The number of hydrogen-bond acceptors (Lipinski definition) is 4. The first-order valence-corrected chi connectivity index (χ1v) is 8.15. The summed E-state index contributed by atoms with van der Waals surface area (Å²) >= 11 is 4.27. The topological polar surface area (TPSA) is 20.3 Å². The lowest BCUT2D eigenvalue weighted by atomic mass is 10.4. The van der Waals surface area contributed by atoms with Crippen LogP contribution in [0.25, 0.3) is 0 Å². The van der Waals surface area contributed by atoms with Crippen LogP contribution in [0.1, 0.15) is 39.5 Å². The van der Waals surface area contributed by atoms with E-state index in [4.69, 9.17) is 0 Å². The maximum absolute atomic E-state index is 11.5. The molecule has 0 atom stereocenters. The molecule has 0 aliphatic heterocycles. The van der Waals surface area contributed by atoms with Crippen LogP contribution >= 0.6 is 35.7 Å². The summed E-state index contributed by atoms with van der Waals surface area (Å²) in [5.74, 6) is 2.03. The van der Waals surface area contributed by atoms with Gasteiger partial charge >= 0.3 is 5.24 Å². The van der Waals surface area contributed by atoms with E-state index in [0.29, 0.717) is 0 Å². The van der Waals surface area contributed by atoms with Gasteiger partial charge in [0.2, 0.25) is 0 Å². The van der Waals surface area contributed by atoms with E-state index in [1.165, 1.54) is 12.8 Å². The van der Waals surface area contributed by atoms with Crippen LogP contribution in [0.15, 0.2) is 0 Å². The number of hydrogen-bond donors (Lipinski definition) is 0. The summed E-state index contributed by atoms with van der Waals surface area (Å²) in [7, 11) is 0. The highest BCUT2D eigenvalue weighted by Gasteiger charge is 2.13. The Morgan fingerprint density at radius 1 is 1.13 bits per heavy atom. The lowest BCUT2D eigenvalue weighted by Crippen LogP contribution is -2.12. The van der Waals surface area contributed by atoms with Gasteiger partial charge in [-0.1, -0.05) is 38.5 Å². The second-order valence-electron chi connectivity index (χ2n) is 3.04. The number of nitrogens with zero attached hydrogens (tertiary/aromatic N) is 1. The lowest BCUT2D eigenvalue weighted by molar-refractivity contribution is 0.259. The van der Waals surface area contributed by atoms with Crippen LogP contribution in [-0.2, 0) is 0 Å². The van der Waals surface area contributed by atoms with Crippen LogP contribution in [0.5, 0.6) is 0 Å². The molecule has 1 radical (unpaired) electrons. The first kappa shape index (κ1) is 15.5. The van der Waals surface area contributed by atoms with E-state index in [2.05, 4.69) is 20.1 Å². The molecule has 0 saturated carbocycles. The van der Waals surface area contributed by atoms with Crippen molar-refractivity contribution in [2.45, 2.75) is 39.5 Å². The summed E-state index contributed by atoms with van der Waals surface area (Å²) in [5, 5.41) is 0.0530. The Bertz CT molecular complexity index is 157. The molecular weight excluding hydrogens is 246 g/mol. The molecule has 0 aromatic heterocycles. The normalized spacial score (nSPS) is 10.3. The largest absolute Gasteiger partial charge is 0.301 e. The van der Waals surface area contributed by atoms with Crippen molar-refractivity contribution in [1.29, 1.82) is 0 Å². The monoisotopic (exact) mass is 266 g/mol. The van der Waals surface area contributed by atoms with Crippen molar-refractivity contribution in [2.75, 3.05) is 11.5 Å². The average molecular weight is 266 g/mol. The zero-order chi connectivity index (χ0) is 11.5. The van der Waals surface area contributed by atoms with Gasteiger partial charge in [0, 0.05) is 17.8 Å². The fourth-order valence-corrected chi connectivity index (χ4v) is 3.64. The minimum Gasteiger partial charge on any atom is -0.260 e. The van der Waals surface area contributed by atoms with E-state index in [1.54, 1.807) is 27.6 Å². The third-order valence-electron chi connectivity index (χ3n) is 1.69. The third kappa shape index (κ3) is 8.34. The Hall–Kier alpha value is 0.520. The van der Waals surface area contributed by atoms with Crippen molar-refractivity contribution in [2.24, 2.45) is 0 Å². The number of rotatable bonds is 8. The molecule has 0 aromatic carbocycles. The molecule has 0 aromatic rings. The van der Waals surface area contributed by atoms with E-state index in [0.717, 1.165) is 36.1 Å². The second-order valence-corrected chi connectivity index (χ2v) is 5.97. The van der Waals surface area contributed by atoms with Crippen LogP contribution in [0.2, 0.25) is 0 Å². The Kier molecular flexibility index (Phi) is 11.4. The van der Waals surface area contributed by atoms with Gasteiger partial charge < -0.3 is 0 Å². The van der Waals surface area contributed by atoms with Crippen LogP contribution in [0.3, 0.4) is 0 Å². The van der Waals surface area contributed by atoms with Gasteiger partial charge in [0.15, 0.2) is 0 Å². The molecule has 1 amide bonds. The van der Waals surface area contributed by atoms with Gasteiger partial charge in [0.25, 0.3) is 0 Å². The molecule has 0 rings (SSSR count). The molecule has 0 aliphatic carbocycles. The fourth-order valence-electron chi connectivity index (χ4n) is 0.779. The molecule has 5 heteroatoms. The van der Waals surface area contributed by atoms with Gasteiger partial charge in [0.1, 0.15) is 0 Å². The van der Waals surface area contributed by atoms with Gasteiger partial charge in [-0.2, -0.15) is 0 Å². The maximum Gasteiger partial charge on any atom is 0.301 e. The zero-order valence-electron chi connectivity index (χ0n) is 9.53. The average Bonchev–Trinajstić information content (AvgIpc) is 2.26. The lowest BCUT2D eigenvalue weighted by Gasteiger charge is -2.18. The quantitative estimate of drug-likeness (QED) is 0.463. The highest BCUT2D eigenvalue weighted by molar-refractivity contribution is 8.20. The third-order valence-corrected chi connectivity index (χ3v) is 4.72.